The Morgan fingerprint density at radius 3 is 2.59 bits per heavy atom. The zero-order chi connectivity index (χ0) is 12.1. The number of hydrogen-bond donors (Lipinski definition) is 2. The zero-order valence-corrected chi connectivity index (χ0v) is 10.7. The third-order valence-corrected chi connectivity index (χ3v) is 3.81. The second-order valence-electron chi connectivity index (χ2n) is 5.15. The summed E-state index contributed by atoms with van der Waals surface area (Å²) in [5, 5.41) is 0. The summed E-state index contributed by atoms with van der Waals surface area (Å²) < 4.78 is 0. The largest absolute Gasteiger partial charge is 0.271 e. The third-order valence-electron chi connectivity index (χ3n) is 3.81. The predicted octanol–water partition coefficient (Wildman–Crippen LogP) is 2.86. The Morgan fingerprint density at radius 1 is 1.29 bits per heavy atom. The van der Waals surface area contributed by atoms with Crippen LogP contribution in [0.4, 0.5) is 0 Å². The molecule has 1 fully saturated rings. The molecular weight excluding hydrogens is 210 g/mol. The zero-order valence-electron chi connectivity index (χ0n) is 10.7. The highest BCUT2D eigenvalue weighted by atomic mass is 15.2. The van der Waals surface area contributed by atoms with Gasteiger partial charge in [-0.05, 0) is 43.4 Å². The lowest BCUT2D eigenvalue weighted by Gasteiger charge is -2.25. The molecule has 0 bridgehead atoms. The minimum atomic E-state index is 0.216. The van der Waals surface area contributed by atoms with E-state index in [2.05, 4.69) is 23.4 Å². The Bertz CT molecular complexity index is 343. The van der Waals surface area contributed by atoms with E-state index >= 15 is 0 Å². The van der Waals surface area contributed by atoms with E-state index < -0.39 is 0 Å². The van der Waals surface area contributed by atoms with Crippen molar-refractivity contribution < 1.29 is 0 Å². The molecule has 1 atom stereocenters. The number of nitrogens with two attached hydrogens (primary N) is 1. The summed E-state index contributed by atoms with van der Waals surface area (Å²) in [6.07, 6.45) is 9.81. The fourth-order valence-electron chi connectivity index (χ4n) is 2.84. The molecule has 3 nitrogen and oxygen atoms in total. The normalized spacial score (nSPS) is 19.9. The van der Waals surface area contributed by atoms with E-state index in [1.807, 2.05) is 12.3 Å². The highest BCUT2D eigenvalue weighted by Crippen LogP contribution is 2.32. The molecule has 0 radical (unpaired) electrons. The van der Waals surface area contributed by atoms with Gasteiger partial charge in [-0.3, -0.25) is 16.3 Å². The van der Waals surface area contributed by atoms with Crippen molar-refractivity contribution in [3.8, 4) is 0 Å². The maximum atomic E-state index is 5.75. The van der Waals surface area contributed by atoms with Crippen LogP contribution in [0.2, 0.25) is 0 Å². The van der Waals surface area contributed by atoms with Crippen LogP contribution in [0, 0.1) is 12.8 Å². The smallest absolute Gasteiger partial charge is 0.0660 e. The Balaban J connectivity index is 2.14. The Kier molecular flexibility index (Phi) is 4.51. The molecule has 0 aliphatic heterocycles. The number of aromatic nitrogens is 1. The van der Waals surface area contributed by atoms with Crippen molar-refractivity contribution in [2.45, 2.75) is 51.5 Å². The summed E-state index contributed by atoms with van der Waals surface area (Å²) in [6.45, 7) is 2.10. The lowest BCUT2D eigenvalue weighted by atomic mass is 9.89. The summed E-state index contributed by atoms with van der Waals surface area (Å²) in [4.78, 5) is 4.47. The van der Waals surface area contributed by atoms with Crippen LogP contribution in [0.1, 0.15) is 55.8 Å². The predicted molar refractivity (Wildman–Crippen MR) is 70.2 cm³/mol. The molecule has 0 spiro atoms. The Morgan fingerprint density at radius 2 is 2.00 bits per heavy atom. The fraction of sp³-hybridized carbons (Fsp3) is 0.643. The maximum absolute atomic E-state index is 5.75. The summed E-state index contributed by atoms with van der Waals surface area (Å²) in [7, 11) is 0. The first-order valence-electron chi connectivity index (χ1n) is 6.70. The van der Waals surface area contributed by atoms with E-state index in [1.54, 1.807) is 0 Å². The highest BCUT2D eigenvalue weighted by Gasteiger charge is 2.24. The molecule has 3 N–H and O–H groups in total. The highest BCUT2D eigenvalue weighted by molar-refractivity contribution is 5.17. The van der Waals surface area contributed by atoms with Gasteiger partial charge in [-0.1, -0.05) is 25.7 Å². The Hall–Kier alpha value is -0.930. The summed E-state index contributed by atoms with van der Waals surface area (Å²) in [5.41, 5.74) is 5.33. The molecule has 2 rings (SSSR count). The van der Waals surface area contributed by atoms with E-state index in [0.29, 0.717) is 5.92 Å². The van der Waals surface area contributed by atoms with Crippen molar-refractivity contribution in [2.75, 3.05) is 0 Å². The van der Waals surface area contributed by atoms with Gasteiger partial charge in [-0.15, -0.1) is 0 Å². The van der Waals surface area contributed by atoms with Crippen LogP contribution in [0.5, 0.6) is 0 Å². The fourth-order valence-corrected chi connectivity index (χ4v) is 2.84. The van der Waals surface area contributed by atoms with Gasteiger partial charge in [0.1, 0.15) is 0 Å². The van der Waals surface area contributed by atoms with Gasteiger partial charge in [0, 0.05) is 6.20 Å². The van der Waals surface area contributed by atoms with E-state index in [-0.39, 0.29) is 6.04 Å². The van der Waals surface area contributed by atoms with Crippen molar-refractivity contribution in [1.82, 2.24) is 10.4 Å². The molecule has 94 valence electrons. The van der Waals surface area contributed by atoms with E-state index in [1.165, 1.54) is 44.1 Å². The molecule has 1 aliphatic carbocycles. The average molecular weight is 233 g/mol. The number of rotatable bonds is 3. The number of hydrazine groups is 1. The van der Waals surface area contributed by atoms with Gasteiger partial charge >= 0.3 is 0 Å². The molecule has 1 aromatic rings. The Labute approximate surface area is 104 Å². The van der Waals surface area contributed by atoms with Crippen LogP contribution in [0.25, 0.3) is 0 Å². The molecule has 1 aromatic heterocycles. The van der Waals surface area contributed by atoms with Crippen molar-refractivity contribution in [2.24, 2.45) is 11.8 Å². The third kappa shape index (κ3) is 3.27. The van der Waals surface area contributed by atoms with Gasteiger partial charge in [-0.2, -0.15) is 0 Å². The monoisotopic (exact) mass is 233 g/mol. The van der Waals surface area contributed by atoms with Gasteiger partial charge in [-0.25, -0.2) is 0 Å². The maximum Gasteiger partial charge on any atom is 0.0660 e. The average Bonchev–Trinajstić information content (AvgIpc) is 2.59. The molecule has 1 unspecified atom stereocenters. The van der Waals surface area contributed by atoms with Gasteiger partial charge in [0.2, 0.25) is 0 Å². The van der Waals surface area contributed by atoms with Crippen LogP contribution in [0.3, 0.4) is 0 Å². The SMILES string of the molecule is Cc1ccnc(C(NN)C2CCCCCC2)c1. The lowest BCUT2D eigenvalue weighted by molar-refractivity contribution is 0.323. The topological polar surface area (TPSA) is 50.9 Å². The number of hydrogen-bond acceptors (Lipinski definition) is 3. The van der Waals surface area contributed by atoms with E-state index in [4.69, 9.17) is 5.84 Å². The first kappa shape index (κ1) is 12.5. The van der Waals surface area contributed by atoms with Crippen LogP contribution < -0.4 is 11.3 Å². The lowest BCUT2D eigenvalue weighted by Crippen LogP contribution is -2.34. The second-order valence-corrected chi connectivity index (χ2v) is 5.15. The number of nitrogens with one attached hydrogen (secondary N) is 1. The van der Waals surface area contributed by atoms with Gasteiger partial charge in [0.05, 0.1) is 11.7 Å². The number of nitrogens with zero attached hydrogens (tertiary/aromatic N) is 1. The van der Waals surface area contributed by atoms with Crippen molar-refractivity contribution >= 4 is 0 Å². The van der Waals surface area contributed by atoms with Gasteiger partial charge in [0.15, 0.2) is 0 Å². The molecule has 1 saturated carbocycles. The molecule has 1 aliphatic rings. The quantitative estimate of drug-likeness (QED) is 0.479. The van der Waals surface area contributed by atoms with Crippen LogP contribution in [-0.4, -0.2) is 4.98 Å². The standard InChI is InChI=1S/C14H23N3/c1-11-8-9-16-13(10-11)14(17-15)12-6-4-2-3-5-7-12/h8-10,12,14,17H,2-7,15H2,1H3. The summed E-state index contributed by atoms with van der Waals surface area (Å²) in [6, 6.07) is 4.40. The van der Waals surface area contributed by atoms with Gasteiger partial charge < -0.3 is 0 Å². The van der Waals surface area contributed by atoms with Gasteiger partial charge in [0.25, 0.3) is 0 Å². The first-order valence-corrected chi connectivity index (χ1v) is 6.70. The second kappa shape index (κ2) is 6.12. The van der Waals surface area contributed by atoms with E-state index in [0.717, 1.165) is 5.69 Å². The molecule has 3 heteroatoms. The van der Waals surface area contributed by atoms with Crippen molar-refractivity contribution in [3.63, 3.8) is 0 Å². The van der Waals surface area contributed by atoms with Crippen molar-refractivity contribution in [3.05, 3.63) is 29.6 Å². The molecule has 0 amide bonds. The first-order chi connectivity index (χ1) is 8.31. The van der Waals surface area contributed by atoms with Crippen LogP contribution in [0.15, 0.2) is 18.3 Å². The van der Waals surface area contributed by atoms with E-state index in [9.17, 15) is 0 Å². The van der Waals surface area contributed by atoms with Crippen molar-refractivity contribution in [1.29, 1.82) is 0 Å². The van der Waals surface area contributed by atoms with Crippen LogP contribution in [-0.2, 0) is 0 Å². The number of aryl methyl sites for hydroxylation is 1. The molecule has 1 heterocycles. The minimum absolute atomic E-state index is 0.216. The molecule has 0 aromatic carbocycles. The number of pyridine rings is 1. The summed E-state index contributed by atoms with van der Waals surface area (Å²) >= 11 is 0. The molecular formula is C14H23N3. The molecule has 0 saturated heterocycles. The summed E-state index contributed by atoms with van der Waals surface area (Å²) in [5.74, 6) is 6.38. The van der Waals surface area contributed by atoms with Crippen LogP contribution >= 0.6 is 0 Å². The molecule has 17 heavy (non-hydrogen) atoms. The minimum Gasteiger partial charge on any atom is -0.271 e.